The predicted octanol–water partition coefficient (Wildman–Crippen LogP) is 3.34. The van der Waals surface area contributed by atoms with E-state index >= 15 is 0 Å². The molecule has 0 heterocycles. The van der Waals surface area contributed by atoms with Gasteiger partial charge in [-0.2, -0.15) is 0 Å². The summed E-state index contributed by atoms with van der Waals surface area (Å²) < 4.78 is 5.38. The lowest BCUT2D eigenvalue weighted by molar-refractivity contribution is 0.104. The number of hydrogen-bond donors (Lipinski definition) is 1. The molecule has 0 aliphatic rings. The van der Waals surface area contributed by atoms with Gasteiger partial charge in [0, 0.05) is 5.56 Å². The SMILES string of the molecule is CC(O)COc1ccc(C=CC(=O)c2ccccc2)cc1. The van der Waals surface area contributed by atoms with Crippen LogP contribution in [-0.4, -0.2) is 23.6 Å². The Kier molecular flexibility index (Phi) is 5.29. The van der Waals surface area contributed by atoms with Gasteiger partial charge >= 0.3 is 0 Å². The minimum Gasteiger partial charge on any atom is -0.491 e. The topological polar surface area (TPSA) is 46.5 Å². The maximum atomic E-state index is 11.9. The zero-order chi connectivity index (χ0) is 15.1. The van der Waals surface area contributed by atoms with Crippen LogP contribution in [0.1, 0.15) is 22.8 Å². The number of aliphatic hydroxyl groups excluding tert-OH is 1. The summed E-state index contributed by atoms with van der Waals surface area (Å²) in [7, 11) is 0. The van der Waals surface area contributed by atoms with Gasteiger partial charge in [-0.05, 0) is 30.7 Å². The molecule has 21 heavy (non-hydrogen) atoms. The van der Waals surface area contributed by atoms with Crippen molar-refractivity contribution in [3.63, 3.8) is 0 Å². The average molecular weight is 282 g/mol. The predicted molar refractivity (Wildman–Crippen MR) is 83.4 cm³/mol. The number of ether oxygens (including phenoxy) is 1. The summed E-state index contributed by atoms with van der Waals surface area (Å²) in [6.45, 7) is 1.94. The zero-order valence-electron chi connectivity index (χ0n) is 11.9. The molecule has 3 nitrogen and oxygen atoms in total. The van der Waals surface area contributed by atoms with Crippen LogP contribution in [-0.2, 0) is 0 Å². The fraction of sp³-hybridized carbons (Fsp3) is 0.167. The maximum absolute atomic E-state index is 11.9. The first-order valence-electron chi connectivity index (χ1n) is 6.83. The fourth-order valence-corrected chi connectivity index (χ4v) is 1.76. The van der Waals surface area contributed by atoms with Gasteiger partial charge in [-0.25, -0.2) is 0 Å². The monoisotopic (exact) mass is 282 g/mol. The number of hydrogen-bond acceptors (Lipinski definition) is 3. The smallest absolute Gasteiger partial charge is 0.185 e. The molecule has 0 spiro atoms. The van der Waals surface area contributed by atoms with Crippen molar-refractivity contribution in [3.8, 4) is 5.75 Å². The van der Waals surface area contributed by atoms with Crippen molar-refractivity contribution in [2.75, 3.05) is 6.61 Å². The summed E-state index contributed by atoms with van der Waals surface area (Å²) >= 11 is 0. The van der Waals surface area contributed by atoms with Crippen LogP contribution in [0, 0.1) is 0 Å². The van der Waals surface area contributed by atoms with E-state index in [-0.39, 0.29) is 12.4 Å². The zero-order valence-corrected chi connectivity index (χ0v) is 11.9. The van der Waals surface area contributed by atoms with E-state index < -0.39 is 6.10 Å². The van der Waals surface area contributed by atoms with Crippen molar-refractivity contribution in [1.29, 1.82) is 0 Å². The molecule has 2 rings (SSSR count). The van der Waals surface area contributed by atoms with Gasteiger partial charge in [0.1, 0.15) is 12.4 Å². The highest BCUT2D eigenvalue weighted by Gasteiger charge is 2.00. The Bertz CT molecular complexity index is 598. The molecule has 0 aromatic heterocycles. The summed E-state index contributed by atoms with van der Waals surface area (Å²) in [5, 5.41) is 9.15. The Balaban J connectivity index is 1.97. The number of rotatable bonds is 6. The molecule has 0 aliphatic heterocycles. The number of carbonyl (C=O) groups is 1. The molecule has 0 saturated heterocycles. The second kappa shape index (κ2) is 7.41. The molecular formula is C18H18O3. The van der Waals surface area contributed by atoms with E-state index in [0.717, 1.165) is 5.56 Å². The largest absolute Gasteiger partial charge is 0.491 e. The highest BCUT2D eigenvalue weighted by Crippen LogP contribution is 2.14. The van der Waals surface area contributed by atoms with Gasteiger partial charge in [0.15, 0.2) is 5.78 Å². The Labute approximate surface area is 124 Å². The normalized spacial score (nSPS) is 12.3. The lowest BCUT2D eigenvalue weighted by Crippen LogP contribution is -2.12. The number of ketones is 1. The third kappa shape index (κ3) is 4.89. The third-order valence-electron chi connectivity index (χ3n) is 2.86. The quantitative estimate of drug-likeness (QED) is 0.653. The Morgan fingerprint density at radius 3 is 2.43 bits per heavy atom. The van der Waals surface area contributed by atoms with Crippen LogP contribution < -0.4 is 4.74 Å². The molecule has 0 fully saturated rings. The lowest BCUT2D eigenvalue weighted by Gasteiger charge is -2.07. The van der Waals surface area contributed by atoms with Crippen molar-refractivity contribution in [1.82, 2.24) is 0 Å². The van der Waals surface area contributed by atoms with Crippen molar-refractivity contribution >= 4 is 11.9 Å². The van der Waals surface area contributed by atoms with Crippen molar-refractivity contribution in [3.05, 3.63) is 71.8 Å². The molecule has 0 aliphatic carbocycles. The summed E-state index contributed by atoms with van der Waals surface area (Å²) in [5.41, 5.74) is 1.59. The summed E-state index contributed by atoms with van der Waals surface area (Å²) in [5.74, 6) is 0.674. The molecule has 0 radical (unpaired) electrons. The average Bonchev–Trinajstić information content (AvgIpc) is 2.52. The molecule has 1 N–H and O–H groups in total. The number of aliphatic hydroxyl groups is 1. The molecule has 0 saturated carbocycles. The van der Waals surface area contributed by atoms with E-state index in [0.29, 0.717) is 11.3 Å². The molecule has 0 bridgehead atoms. The maximum Gasteiger partial charge on any atom is 0.185 e. The van der Waals surface area contributed by atoms with Crippen LogP contribution in [0.25, 0.3) is 6.08 Å². The fourth-order valence-electron chi connectivity index (χ4n) is 1.76. The van der Waals surface area contributed by atoms with Crippen LogP contribution >= 0.6 is 0 Å². The Morgan fingerprint density at radius 2 is 1.81 bits per heavy atom. The van der Waals surface area contributed by atoms with Crippen molar-refractivity contribution < 1.29 is 14.6 Å². The molecule has 3 heteroatoms. The first-order chi connectivity index (χ1) is 10.1. The molecule has 1 unspecified atom stereocenters. The molecule has 1 atom stereocenters. The first-order valence-corrected chi connectivity index (χ1v) is 6.83. The van der Waals surface area contributed by atoms with Gasteiger partial charge in [-0.3, -0.25) is 4.79 Å². The standard InChI is InChI=1S/C18H18O3/c1-14(19)13-21-17-10-7-15(8-11-17)9-12-18(20)16-5-3-2-4-6-16/h2-12,14,19H,13H2,1H3. The minimum absolute atomic E-state index is 0.0231. The lowest BCUT2D eigenvalue weighted by atomic mass is 10.1. The molecule has 108 valence electrons. The van der Waals surface area contributed by atoms with Crippen LogP contribution in [0.4, 0.5) is 0 Å². The number of benzene rings is 2. The Hall–Kier alpha value is -2.39. The molecule has 2 aromatic carbocycles. The van der Waals surface area contributed by atoms with Crippen LogP contribution in [0.15, 0.2) is 60.7 Å². The van der Waals surface area contributed by atoms with Gasteiger partial charge in [0.05, 0.1) is 6.10 Å². The van der Waals surface area contributed by atoms with Gasteiger partial charge in [-0.15, -0.1) is 0 Å². The second-order valence-corrected chi connectivity index (χ2v) is 4.79. The van der Waals surface area contributed by atoms with Gasteiger partial charge in [-0.1, -0.05) is 48.5 Å². The summed E-state index contributed by atoms with van der Waals surface area (Å²) in [6, 6.07) is 16.5. The summed E-state index contributed by atoms with van der Waals surface area (Å²) in [6.07, 6.45) is 2.84. The van der Waals surface area contributed by atoms with E-state index in [1.165, 1.54) is 0 Å². The van der Waals surface area contributed by atoms with Crippen molar-refractivity contribution in [2.24, 2.45) is 0 Å². The van der Waals surface area contributed by atoms with E-state index in [4.69, 9.17) is 9.84 Å². The third-order valence-corrected chi connectivity index (χ3v) is 2.86. The van der Waals surface area contributed by atoms with Crippen LogP contribution in [0.3, 0.4) is 0 Å². The number of carbonyl (C=O) groups excluding carboxylic acids is 1. The second-order valence-electron chi connectivity index (χ2n) is 4.79. The van der Waals surface area contributed by atoms with Crippen LogP contribution in [0.2, 0.25) is 0 Å². The number of allylic oxidation sites excluding steroid dienone is 1. The summed E-state index contributed by atoms with van der Waals surface area (Å²) in [4.78, 5) is 11.9. The van der Waals surface area contributed by atoms with Gasteiger partial charge in [0.2, 0.25) is 0 Å². The van der Waals surface area contributed by atoms with E-state index in [2.05, 4.69) is 0 Å². The van der Waals surface area contributed by atoms with E-state index in [1.807, 2.05) is 42.5 Å². The minimum atomic E-state index is -0.493. The first kappa shape index (κ1) is 15.0. The van der Waals surface area contributed by atoms with E-state index in [9.17, 15) is 4.79 Å². The molecular weight excluding hydrogens is 264 g/mol. The molecule has 0 amide bonds. The molecule has 2 aromatic rings. The van der Waals surface area contributed by atoms with Gasteiger partial charge < -0.3 is 9.84 Å². The van der Waals surface area contributed by atoms with Crippen molar-refractivity contribution in [2.45, 2.75) is 13.0 Å². The van der Waals surface area contributed by atoms with Crippen LogP contribution in [0.5, 0.6) is 5.75 Å². The Morgan fingerprint density at radius 1 is 1.14 bits per heavy atom. The van der Waals surface area contributed by atoms with Gasteiger partial charge in [0.25, 0.3) is 0 Å². The van der Waals surface area contributed by atoms with E-state index in [1.54, 1.807) is 31.2 Å². The highest BCUT2D eigenvalue weighted by atomic mass is 16.5. The highest BCUT2D eigenvalue weighted by molar-refractivity contribution is 6.06.